The van der Waals surface area contributed by atoms with Crippen LogP contribution in [0.25, 0.3) is 6.08 Å². The minimum Gasteiger partial charge on any atom is -0.493 e. The highest BCUT2D eigenvalue weighted by atomic mass is 32.1. The van der Waals surface area contributed by atoms with Crippen molar-refractivity contribution in [3.05, 3.63) is 52.2 Å². The zero-order valence-corrected chi connectivity index (χ0v) is 13.7. The minimum absolute atomic E-state index is 0.0408. The topological polar surface area (TPSA) is 38.8 Å². The quantitative estimate of drug-likeness (QED) is 0.766. The van der Waals surface area contributed by atoms with Crippen LogP contribution >= 0.6 is 11.3 Å². The number of nitrogens with zero attached hydrogens (tertiary/aromatic N) is 1. The van der Waals surface area contributed by atoms with Crippen LogP contribution < -0.4 is 9.47 Å². The molecule has 22 heavy (non-hydrogen) atoms. The summed E-state index contributed by atoms with van der Waals surface area (Å²) in [5, 5.41) is 3.98. The Labute approximate surface area is 134 Å². The number of thiophene rings is 1. The van der Waals surface area contributed by atoms with Gasteiger partial charge in [-0.25, -0.2) is 0 Å². The second-order valence-electron chi connectivity index (χ2n) is 4.77. The highest BCUT2D eigenvalue weighted by Crippen LogP contribution is 2.27. The number of hydrogen-bond acceptors (Lipinski definition) is 4. The van der Waals surface area contributed by atoms with Crippen LogP contribution in [0.3, 0.4) is 0 Å². The largest absolute Gasteiger partial charge is 0.493 e. The molecule has 1 aromatic heterocycles. The molecule has 2 aromatic rings. The van der Waals surface area contributed by atoms with Crippen LogP contribution in [-0.2, 0) is 11.3 Å². The zero-order chi connectivity index (χ0) is 15.9. The molecule has 1 heterocycles. The van der Waals surface area contributed by atoms with Gasteiger partial charge < -0.3 is 14.4 Å². The fraction of sp³-hybridized carbons (Fsp3) is 0.235. The minimum atomic E-state index is -0.0408. The summed E-state index contributed by atoms with van der Waals surface area (Å²) >= 11 is 1.61. The molecule has 0 radical (unpaired) electrons. The lowest BCUT2D eigenvalue weighted by Gasteiger charge is -2.16. The van der Waals surface area contributed by atoms with Gasteiger partial charge in [-0.1, -0.05) is 6.07 Å². The van der Waals surface area contributed by atoms with Crippen molar-refractivity contribution in [2.75, 3.05) is 21.3 Å². The van der Waals surface area contributed by atoms with Crippen molar-refractivity contribution in [3.8, 4) is 11.5 Å². The third-order valence-corrected chi connectivity index (χ3v) is 3.91. The molecule has 0 bridgehead atoms. The van der Waals surface area contributed by atoms with E-state index < -0.39 is 0 Å². The summed E-state index contributed by atoms with van der Waals surface area (Å²) in [7, 11) is 4.97. The van der Waals surface area contributed by atoms with E-state index in [-0.39, 0.29) is 5.91 Å². The summed E-state index contributed by atoms with van der Waals surface area (Å²) in [5.41, 5.74) is 2.02. The van der Waals surface area contributed by atoms with Gasteiger partial charge in [-0.3, -0.25) is 4.79 Å². The molecular formula is C17H19NO3S. The van der Waals surface area contributed by atoms with Gasteiger partial charge in [0.25, 0.3) is 0 Å². The van der Waals surface area contributed by atoms with Crippen LogP contribution in [0.15, 0.2) is 41.1 Å². The van der Waals surface area contributed by atoms with E-state index in [2.05, 4.69) is 0 Å². The molecule has 0 aliphatic heterocycles. The highest BCUT2D eigenvalue weighted by Gasteiger charge is 2.09. The monoisotopic (exact) mass is 317 g/mol. The molecule has 0 aliphatic rings. The molecule has 0 aliphatic carbocycles. The Balaban J connectivity index is 2.02. The molecular weight excluding hydrogens is 298 g/mol. The Morgan fingerprint density at radius 3 is 2.64 bits per heavy atom. The first kappa shape index (κ1) is 16.1. The van der Waals surface area contributed by atoms with Gasteiger partial charge in [0.2, 0.25) is 5.91 Å². The van der Waals surface area contributed by atoms with Gasteiger partial charge in [0.15, 0.2) is 11.5 Å². The summed E-state index contributed by atoms with van der Waals surface area (Å²) < 4.78 is 10.5. The van der Waals surface area contributed by atoms with E-state index in [4.69, 9.17) is 9.47 Å². The summed E-state index contributed by atoms with van der Waals surface area (Å²) in [5.74, 6) is 1.30. The molecule has 1 amide bonds. The van der Waals surface area contributed by atoms with Gasteiger partial charge in [0.1, 0.15) is 0 Å². The van der Waals surface area contributed by atoms with Crippen LogP contribution in [0.1, 0.15) is 11.1 Å². The molecule has 0 atom stereocenters. The molecule has 5 heteroatoms. The summed E-state index contributed by atoms with van der Waals surface area (Å²) in [4.78, 5) is 13.8. The molecule has 0 saturated heterocycles. The van der Waals surface area contributed by atoms with Gasteiger partial charge in [-0.15, -0.1) is 0 Å². The molecule has 0 saturated carbocycles. The maximum atomic E-state index is 12.1. The first-order valence-electron chi connectivity index (χ1n) is 6.80. The molecule has 0 fully saturated rings. The number of carbonyl (C=O) groups excluding carboxylic acids is 1. The lowest BCUT2D eigenvalue weighted by atomic mass is 10.2. The van der Waals surface area contributed by atoms with Crippen molar-refractivity contribution in [3.63, 3.8) is 0 Å². The Hall–Kier alpha value is -2.27. The molecule has 2 rings (SSSR count). The maximum Gasteiger partial charge on any atom is 0.246 e. The summed E-state index contributed by atoms with van der Waals surface area (Å²) in [6.07, 6.45) is 3.41. The second kappa shape index (κ2) is 7.66. The average molecular weight is 317 g/mol. The molecule has 1 aromatic carbocycles. The van der Waals surface area contributed by atoms with E-state index in [0.717, 1.165) is 11.1 Å². The van der Waals surface area contributed by atoms with Crippen LogP contribution in [0.5, 0.6) is 11.5 Å². The summed E-state index contributed by atoms with van der Waals surface area (Å²) in [6, 6.07) is 7.62. The number of hydrogen-bond donors (Lipinski definition) is 0. The number of amides is 1. The van der Waals surface area contributed by atoms with Crippen LogP contribution in [0.2, 0.25) is 0 Å². The van der Waals surface area contributed by atoms with Crippen molar-refractivity contribution >= 4 is 23.3 Å². The second-order valence-corrected chi connectivity index (χ2v) is 5.55. The Kier molecular flexibility index (Phi) is 5.61. The number of carbonyl (C=O) groups is 1. The lowest BCUT2D eigenvalue weighted by molar-refractivity contribution is -0.125. The van der Waals surface area contributed by atoms with Crippen molar-refractivity contribution in [1.82, 2.24) is 4.90 Å². The number of methoxy groups -OCH3 is 2. The van der Waals surface area contributed by atoms with E-state index in [0.29, 0.717) is 18.0 Å². The number of likely N-dealkylation sites (N-methyl/N-ethyl adjacent to an activating group) is 1. The molecule has 0 unspecified atom stereocenters. The van der Waals surface area contributed by atoms with E-state index in [1.165, 1.54) is 0 Å². The third kappa shape index (κ3) is 4.11. The predicted octanol–water partition coefficient (Wildman–Crippen LogP) is 3.44. The van der Waals surface area contributed by atoms with E-state index in [1.54, 1.807) is 43.6 Å². The standard InChI is InChI=1S/C17H19NO3S/c1-18(17(19)7-5-13-8-9-22-12-13)11-14-4-6-15(20-2)16(10-14)21-3/h4-10,12H,11H2,1-3H3/b7-5+. The van der Waals surface area contributed by atoms with Crippen LogP contribution in [-0.4, -0.2) is 32.1 Å². The SMILES string of the molecule is COc1ccc(CN(C)C(=O)/C=C/c2ccsc2)cc1OC. The van der Waals surface area contributed by atoms with Gasteiger partial charge in [0.05, 0.1) is 14.2 Å². The van der Waals surface area contributed by atoms with E-state index >= 15 is 0 Å². The maximum absolute atomic E-state index is 12.1. The Bertz CT molecular complexity index is 650. The van der Waals surface area contributed by atoms with Gasteiger partial charge in [-0.05, 0) is 46.2 Å². The fourth-order valence-corrected chi connectivity index (χ4v) is 2.62. The predicted molar refractivity (Wildman–Crippen MR) is 89.4 cm³/mol. The van der Waals surface area contributed by atoms with Crippen molar-refractivity contribution in [1.29, 1.82) is 0 Å². The van der Waals surface area contributed by atoms with Crippen molar-refractivity contribution < 1.29 is 14.3 Å². The fourth-order valence-electron chi connectivity index (χ4n) is 2.00. The third-order valence-electron chi connectivity index (χ3n) is 3.21. The van der Waals surface area contributed by atoms with Gasteiger partial charge >= 0.3 is 0 Å². The molecule has 0 N–H and O–H groups in total. The Morgan fingerprint density at radius 2 is 2.00 bits per heavy atom. The first-order chi connectivity index (χ1) is 10.6. The zero-order valence-electron chi connectivity index (χ0n) is 12.9. The van der Waals surface area contributed by atoms with E-state index in [1.807, 2.05) is 41.1 Å². The van der Waals surface area contributed by atoms with Gasteiger partial charge in [-0.2, -0.15) is 11.3 Å². The van der Waals surface area contributed by atoms with Crippen molar-refractivity contribution in [2.45, 2.75) is 6.54 Å². The smallest absolute Gasteiger partial charge is 0.246 e. The summed E-state index contributed by atoms with van der Waals surface area (Å²) in [6.45, 7) is 0.507. The lowest BCUT2D eigenvalue weighted by Crippen LogP contribution is -2.24. The molecule has 116 valence electrons. The van der Waals surface area contributed by atoms with Crippen LogP contribution in [0, 0.1) is 0 Å². The van der Waals surface area contributed by atoms with Crippen molar-refractivity contribution in [2.24, 2.45) is 0 Å². The Morgan fingerprint density at radius 1 is 1.23 bits per heavy atom. The first-order valence-corrected chi connectivity index (χ1v) is 7.74. The number of rotatable bonds is 6. The number of benzene rings is 1. The molecule has 4 nitrogen and oxygen atoms in total. The van der Waals surface area contributed by atoms with Gasteiger partial charge in [0, 0.05) is 19.7 Å². The molecule has 0 spiro atoms. The van der Waals surface area contributed by atoms with Crippen LogP contribution in [0.4, 0.5) is 0 Å². The normalized spacial score (nSPS) is 10.7. The number of ether oxygens (including phenoxy) is 2. The van der Waals surface area contributed by atoms with E-state index in [9.17, 15) is 4.79 Å². The highest BCUT2D eigenvalue weighted by molar-refractivity contribution is 7.08. The average Bonchev–Trinajstić information content (AvgIpc) is 3.05.